The molecule has 1 heterocycles. The maximum atomic E-state index is 5.29. The summed E-state index contributed by atoms with van der Waals surface area (Å²) >= 11 is 0.00432. The fraction of sp³-hybridized carbons (Fsp3) is 0.333. The van der Waals surface area contributed by atoms with E-state index in [4.69, 9.17) is 6.42 Å². The van der Waals surface area contributed by atoms with Crippen LogP contribution in [0.15, 0.2) is 12.1 Å². The summed E-state index contributed by atoms with van der Waals surface area (Å²) in [5, 5.41) is 0. The van der Waals surface area contributed by atoms with Crippen molar-refractivity contribution >= 4 is 32.6 Å². The molecule has 1 rings (SSSR count). The third kappa shape index (κ3) is 2.24. The third-order valence-corrected chi connectivity index (χ3v) is 12.0. The van der Waals surface area contributed by atoms with Gasteiger partial charge in [0.15, 0.2) is 0 Å². The number of hydrogen-bond donors (Lipinski definition) is 0. The summed E-state index contributed by atoms with van der Waals surface area (Å²) in [5.74, 6) is 2.67. The van der Waals surface area contributed by atoms with Gasteiger partial charge in [0, 0.05) is 0 Å². The van der Waals surface area contributed by atoms with E-state index in [1.165, 1.54) is 0 Å². The molecule has 1 aromatic rings. The molecule has 0 amide bonds. The molecule has 0 aliphatic heterocycles. The Balaban J connectivity index is 3.01. The van der Waals surface area contributed by atoms with Gasteiger partial charge < -0.3 is 0 Å². The van der Waals surface area contributed by atoms with Crippen molar-refractivity contribution < 1.29 is 0 Å². The third-order valence-electron chi connectivity index (χ3n) is 1.49. The first-order chi connectivity index (χ1) is 5.04. The zero-order chi connectivity index (χ0) is 8.48. The van der Waals surface area contributed by atoms with E-state index in [1.807, 2.05) is 0 Å². The molecule has 2 heteroatoms. The fourth-order valence-electron chi connectivity index (χ4n) is 0.819. The second kappa shape index (κ2) is 3.20. The Morgan fingerprint density at radius 2 is 2.00 bits per heavy atom. The van der Waals surface area contributed by atoms with Crippen molar-refractivity contribution in [2.75, 3.05) is 0 Å². The number of thiophene rings is 1. The van der Waals surface area contributed by atoms with Gasteiger partial charge in [-0.3, -0.25) is 0 Å². The van der Waals surface area contributed by atoms with Crippen LogP contribution < -0.4 is 2.89 Å². The van der Waals surface area contributed by atoms with Crippen molar-refractivity contribution in [2.24, 2.45) is 0 Å². The maximum absolute atomic E-state index is 5.29. The van der Waals surface area contributed by atoms with E-state index in [2.05, 4.69) is 32.9 Å². The average Bonchev–Trinajstić information content (AvgIpc) is 2.32. The molecule has 1 aromatic heterocycles. The van der Waals surface area contributed by atoms with Gasteiger partial charge in [0.25, 0.3) is 0 Å². The van der Waals surface area contributed by atoms with Crippen LogP contribution in [0.3, 0.4) is 0 Å². The molecule has 11 heavy (non-hydrogen) atoms. The molecule has 0 aliphatic rings. The van der Waals surface area contributed by atoms with Crippen molar-refractivity contribution in [3.8, 4) is 12.3 Å². The summed E-state index contributed by atoms with van der Waals surface area (Å²) in [6.07, 6.45) is 5.29. The van der Waals surface area contributed by atoms with E-state index in [-0.39, 0.29) is 0 Å². The quantitative estimate of drug-likeness (QED) is 0.543. The van der Waals surface area contributed by atoms with Gasteiger partial charge in [-0.15, -0.1) is 0 Å². The van der Waals surface area contributed by atoms with Crippen molar-refractivity contribution in [1.29, 1.82) is 0 Å². The fourth-order valence-corrected chi connectivity index (χ4v) is 6.92. The molecule has 0 atom stereocenters. The summed E-state index contributed by atoms with van der Waals surface area (Å²) in [6.45, 7) is 0. The molecule has 0 radical (unpaired) electrons. The molecular formula is C9H12SSn. The predicted molar refractivity (Wildman–Crippen MR) is 55.2 cm³/mol. The van der Waals surface area contributed by atoms with E-state index >= 15 is 0 Å². The van der Waals surface area contributed by atoms with Crippen molar-refractivity contribution in [3.05, 3.63) is 17.0 Å². The van der Waals surface area contributed by atoms with Crippen LogP contribution in [-0.4, -0.2) is 18.4 Å². The summed E-state index contributed by atoms with van der Waals surface area (Å²) in [7, 11) is 0. The van der Waals surface area contributed by atoms with Crippen LogP contribution in [0, 0.1) is 12.3 Å². The molecule has 0 unspecified atom stereocenters. The monoisotopic (exact) mass is 272 g/mol. The first-order valence-electron chi connectivity index (χ1n) is 3.61. The van der Waals surface area contributed by atoms with Gasteiger partial charge in [0.2, 0.25) is 0 Å². The Labute approximate surface area is 76.5 Å². The van der Waals surface area contributed by atoms with Crippen LogP contribution >= 0.6 is 11.3 Å². The van der Waals surface area contributed by atoms with Crippen LogP contribution in [0.2, 0.25) is 14.8 Å². The molecule has 0 nitrogen and oxygen atoms in total. The molecule has 0 aromatic carbocycles. The molecular weight excluding hydrogens is 259 g/mol. The first kappa shape index (κ1) is 9.15. The Kier molecular flexibility index (Phi) is 2.66. The minimum absolute atomic E-state index is 1.08. The predicted octanol–water partition coefficient (Wildman–Crippen LogP) is 2.27. The molecule has 58 valence electrons. The Morgan fingerprint density at radius 3 is 2.27 bits per heavy atom. The second-order valence-electron chi connectivity index (χ2n) is 3.56. The van der Waals surface area contributed by atoms with Crippen LogP contribution in [-0.2, 0) is 0 Å². The first-order valence-corrected chi connectivity index (χ1v) is 14.4. The van der Waals surface area contributed by atoms with E-state index in [0.29, 0.717) is 0 Å². The summed E-state index contributed by atoms with van der Waals surface area (Å²) in [4.78, 5) is 8.29. The molecule has 0 N–H and O–H groups in total. The molecule has 0 saturated heterocycles. The van der Waals surface area contributed by atoms with Crippen molar-refractivity contribution in [3.63, 3.8) is 0 Å². The van der Waals surface area contributed by atoms with Gasteiger partial charge in [0.1, 0.15) is 0 Å². The van der Waals surface area contributed by atoms with Crippen LogP contribution in [0.25, 0.3) is 0 Å². The van der Waals surface area contributed by atoms with Crippen LogP contribution in [0.5, 0.6) is 0 Å². The second-order valence-corrected chi connectivity index (χ2v) is 20.1. The summed E-state index contributed by atoms with van der Waals surface area (Å²) < 4.78 is 1.56. The van der Waals surface area contributed by atoms with Gasteiger partial charge >= 0.3 is 76.8 Å². The molecule has 0 fully saturated rings. The summed E-state index contributed by atoms with van der Waals surface area (Å²) in [5.41, 5.74) is 0. The topological polar surface area (TPSA) is 0 Å². The minimum atomic E-state index is -1.79. The van der Waals surface area contributed by atoms with Crippen LogP contribution in [0.1, 0.15) is 4.88 Å². The zero-order valence-electron chi connectivity index (χ0n) is 7.14. The van der Waals surface area contributed by atoms with Crippen molar-refractivity contribution in [2.45, 2.75) is 14.8 Å². The SMILES string of the molecule is C#Cc1cc[c]([Sn]([CH3])([CH3])[CH3])s1. The van der Waals surface area contributed by atoms with Gasteiger partial charge in [0.05, 0.1) is 0 Å². The number of rotatable bonds is 1. The Bertz CT molecular complexity index is 285. The van der Waals surface area contributed by atoms with Gasteiger partial charge in [-0.1, -0.05) is 0 Å². The number of hydrogen-bond acceptors (Lipinski definition) is 1. The summed E-state index contributed by atoms with van der Waals surface area (Å²) in [6, 6.07) is 4.26. The standard InChI is InChI=1S/C6H3S.3CH3.Sn/c1-2-6-4-3-5-7-6;;;;/h1,3-4H;3*1H3;. The van der Waals surface area contributed by atoms with Crippen LogP contribution in [0.4, 0.5) is 0 Å². The number of terminal acetylenes is 1. The average molecular weight is 271 g/mol. The molecule has 0 aliphatic carbocycles. The van der Waals surface area contributed by atoms with E-state index in [0.717, 1.165) is 4.88 Å². The molecule has 0 spiro atoms. The Morgan fingerprint density at radius 1 is 1.36 bits per heavy atom. The van der Waals surface area contributed by atoms with Crippen molar-refractivity contribution in [1.82, 2.24) is 0 Å². The van der Waals surface area contributed by atoms with E-state index in [1.54, 1.807) is 14.2 Å². The normalized spacial score (nSPS) is 11.1. The van der Waals surface area contributed by atoms with Gasteiger partial charge in [-0.05, 0) is 0 Å². The van der Waals surface area contributed by atoms with Gasteiger partial charge in [-0.2, -0.15) is 0 Å². The van der Waals surface area contributed by atoms with E-state index in [9.17, 15) is 0 Å². The molecule has 0 saturated carbocycles. The molecule has 0 bridgehead atoms. The van der Waals surface area contributed by atoms with E-state index < -0.39 is 18.4 Å². The zero-order valence-corrected chi connectivity index (χ0v) is 10.8. The Hall–Kier alpha value is 0.0587. The van der Waals surface area contributed by atoms with Gasteiger partial charge in [-0.25, -0.2) is 0 Å².